The Morgan fingerprint density at radius 3 is 2.46 bits per heavy atom. The van der Waals surface area contributed by atoms with Crippen LogP contribution in [0.5, 0.6) is 0 Å². The maximum atomic E-state index is 14.1. The van der Waals surface area contributed by atoms with Crippen molar-refractivity contribution in [1.29, 1.82) is 0 Å². The van der Waals surface area contributed by atoms with Gasteiger partial charge in [-0.3, -0.25) is 19.5 Å². The minimum Gasteiger partial charge on any atom is -0.444 e. The van der Waals surface area contributed by atoms with E-state index in [4.69, 9.17) is 4.74 Å². The van der Waals surface area contributed by atoms with E-state index in [1.807, 2.05) is 46.4 Å². The second-order valence-electron chi connectivity index (χ2n) is 12.9. The Kier molecular flexibility index (Phi) is 7.70. The van der Waals surface area contributed by atoms with Crippen LogP contribution in [-0.4, -0.2) is 94.5 Å². The second-order valence-corrected chi connectivity index (χ2v) is 12.9. The number of carbonyl (C=O) groups excluding carboxylic acids is 3. The monoisotopic (exact) mass is 549 g/mol. The number of rotatable bonds is 5. The van der Waals surface area contributed by atoms with Gasteiger partial charge in [-0.2, -0.15) is 0 Å². The minimum absolute atomic E-state index is 0.0292. The predicted molar refractivity (Wildman–Crippen MR) is 143 cm³/mol. The molecule has 0 radical (unpaired) electrons. The molecule has 0 unspecified atom stereocenters. The third-order valence-corrected chi connectivity index (χ3v) is 7.68. The molecule has 0 saturated carbocycles. The zero-order valence-corrected chi connectivity index (χ0v) is 24.1. The topological polar surface area (TPSA) is 86.3 Å². The highest BCUT2D eigenvalue weighted by molar-refractivity contribution is 5.97. The van der Waals surface area contributed by atoms with Gasteiger partial charge in [0.2, 0.25) is 11.8 Å². The van der Waals surface area contributed by atoms with Crippen molar-refractivity contribution >= 4 is 23.6 Å². The largest absolute Gasteiger partial charge is 0.444 e. The van der Waals surface area contributed by atoms with Gasteiger partial charge in [-0.25, -0.2) is 13.6 Å². The van der Waals surface area contributed by atoms with Crippen LogP contribution in [0.3, 0.4) is 0 Å². The Bertz CT molecular complexity index is 1130. The van der Waals surface area contributed by atoms with Crippen molar-refractivity contribution < 1.29 is 27.9 Å². The number of hydrogen-bond acceptors (Lipinski definition) is 6. The van der Waals surface area contributed by atoms with E-state index >= 15 is 0 Å². The molecule has 4 heterocycles. The van der Waals surface area contributed by atoms with Crippen LogP contribution in [0.15, 0.2) is 12.3 Å². The Morgan fingerprint density at radius 1 is 1.18 bits per heavy atom. The van der Waals surface area contributed by atoms with Gasteiger partial charge in [0, 0.05) is 75.3 Å². The first-order valence-corrected chi connectivity index (χ1v) is 13.7. The van der Waals surface area contributed by atoms with Gasteiger partial charge in [0.25, 0.3) is 5.92 Å². The SMILES string of the molecule is C[C@@H]1CN(CC(=O)N2CC(C)(C)c3ncc(C(C)(F)F)cc32)[C@@H](CN2CCCC2=O)CN1C(=O)OC(C)(C)C. The van der Waals surface area contributed by atoms with Crippen LogP contribution >= 0.6 is 0 Å². The molecule has 39 heavy (non-hydrogen) atoms. The van der Waals surface area contributed by atoms with Gasteiger partial charge in [0.15, 0.2) is 0 Å². The predicted octanol–water partition coefficient (Wildman–Crippen LogP) is 3.75. The smallest absolute Gasteiger partial charge is 0.410 e. The van der Waals surface area contributed by atoms with E-state index in [9.17, 15) is 23.2 Å². The fraction of sp³-hybridized carbons (Fsp3) is 0.714. The highest BCUT2D eigenvalue weighted by Crippen LogP contribution is 2.41. The lowest BCUT2D eigenvalue weighted by Gasteiger charge is -2.46. The molecule has 9 nitrogen and oxygen atoms in total. The summed E-state index contributed by atoms with van der Waals surface area (Å²) in [5, 5.41) is 0. The van der Waals surface area contributed by atoms with Gasteiger partial charge in [-0.05, 0) is 40.2 Å². The van der Waals surface area contributed by atoms with Gasteiger partial charge in [-0.15, -0.1) is 0 Å². The number of anilines is 1. The third-order valence-electron chi connectivity index (χ3n) is 7.68. The highest BCUT2D eigenvalue weighted by Gasteiger charge is 2.43. The van der Waals surface area contributed by atoms with Crippen LogP contribution in [0.25, 0.3) is 0 Å². The average Bonchev–Trinajstić information content (AvgIpc) is 3.33. The number of nitrogens with zero attached hydrogens (tertiary/aromatic N) is 5. The molecule has 3 amide bonds. The summed E-state index contributed by atoms with van der Waals surface area (Å²) >= 11 is 0. The van der Waals surface area contributed by atoms with Crippen molar-refractivity contribution in [3.8, 4) is 0 Å². The minimum atomic E-state index is -3.08. The average molecular weight is 550 g/mol. The third kappa shape index (κ3) is 6.34. The number of hydrogen-bond donors (Lipinski definition) is 0. The van der Waals surface area contributed by atoms with Crippen molar-refractivity contribution in [3.05, 3.63) is 23.5 Å². The number of alkyl halides is 2. The second kappa shape index (κ2) is 10.3. The summed E-state index contributed by atoms with van der Waals surface area (Å²) < 4.78 is 33.9. The number of carbonyl (C=O) groups is 3. The van der Waals surface area contributed by atoms with Crippen molar-refractivity contribution in [1.82, 2.24) is 19.7 Å². The maximum Gasteiger partial charge on any atom is 0.410 e. The zero-order chi connectivity index (χ0) is 28.9. The van der Waals surface area contributed by atoms with Crippen molar-refractivity contribution in [2.24, 2.45) is 0 Å². The molecule has 0 spiro atoms. The van der Waals surface area contributed by atoms with Crippen LogP contribution < -0.4 is 4.90 Å². The fourth-order valence-corrected chi connectivity index (χ4v) is 5.66. The summed E-state index contributed by atoms with van der Waals surface area (Å²) in [4.78, 5) is 50.6. The molecule has 4 rings (SSSR count). The van der Waals surface area contributed by atoms with Crippen LogP contribution in [0.4, 0.5) is 19.3 Å². The maximum absolute atomic E-state index is 14.1. The van der Waals surface area contributed by atoms with E-state index < -0.39 is 23.0 Å². The van der Waals surface area contributed by atoms with Crippen molar-refractivity contribution in [3.63, 3.8) is 0 Å². The molecule has 216 valence electrons. The molecule has 2 atom stereocenters. The summed E-state index contributed by atoms with van der Waals surface area (Å²) in [6.07, 6.45) is 2.05. The molecule has 0 N–H and O–H groups in total. The van der Waals surface area contributed by atoms with Crippen LogP contribution in [0, 0.1) is 0 Å². The Hall–Kier alpha value is -2.82. The first-order chi connectivity index (χ1) is 18.0. The molecule has 2 saturated heterocycles. The van der Waals surface area contributed by atoms with Gasteiger partial charge in [0.05, 0.1) is 17.9 Å². The molecule has 3 aliphatic rings. The van der Waals surface area contributed by atoms with E-state index in [0.29, 0.717) is 50.5 Å². The van der Waals surface area contributed by atoms with Gasteiger partial charge < -0.3 is 19.4 Å². The molecular formula is C28H41F2N5O4. The zero-order valence-electron chi connectivity index (χ0n) is 24.1. The lowest BCUT2D eigenvalue weighted by Crippen LogP contribution is -2.63. The Balaban J connectivity index is 1.57. The number of ether oxygens (including phenoxy) is 1. The van der Waals surface area contributed by atoms with Crippen LogP contribution in [-0.2, 0) is 25.7 Å². The molecule has 2 fully saturated rings. The van der Waals surface area contributed by atoms with E-state index in [1.165, 1.54) is 12.3 Å². The molecule has 0 bridgehead atoms. The van der Waals surface area contributed by atoms with Crippen LogP contribution in [0.2, 0.25) is 0 Å². The normalized spacial score (nSPS) is 23.8. The van der Waals surface area contributed by atoms with Crippen LogP contribution in [0.1, 0.15) is 72.6 Å². The van der Waals surface area contributed by atoms with E-state index in [2.05, 4.69) is 4.98 Å². The summed E-state index contributed by atoms with van der Waals surface area (Å²) in [5.41, 5.74) is -0.345. The lowest BCUT2D eigenvalue weighted by molar-refractivity contribution is -0.129. The molecule has 0 aliphatic carbocycles. The summed E-state index contributed by atoms with van der Waals surface area (Å²) in [6, 6.07) is 0.866. The molecular weight excluding hydrogens is 508 g/mol. The Labute approximate surface area is 229 Å². The molecule has 1 aromatic heterocycles. The van der Waals surface area contributed by atoms with Gasteiger partial charge >= 0.3 is 6.09 Å². The number of fused-ring (bicyclic) bond motifs is 1. The standard InChI is InChI=1S/C28H41F2N5O4/c1-18-13-33(20(14-32-10-8-9-22(32)36)15-34(18)25(38)39-26(2,3)4)16-23(37)35-17-27(5,6)24-21(35)11-19(12-31-24)28(7,29)30/h11-12,18,20H,8-10,13-17H2,1-7H3/t18-,20+/m1/s1. The highest BCUT2D eigenvalue weighted by atomic mass is 19.3. The van der Waals surface area contributed by atoms with Crippen molar-refractivity contribution in [2.45, 2.75) is 90.3 Å². The molecule has 0 aromatic carbocycles. The number of aromatic nitrogens is 1. The quantitative estimate of drug-likeness (QED) is 0.556. The van der Waals surface area contributed by atoms with Gasteiger partial charge in [0.1, 0.15) is 5.60 Å². The number of piperazine rings is 1. The summed E-state index contributed by atoms with van der Waals surface area (Å²) in [7, 11) is 0. The number of amides is 3. The number of likely N-dealkylation sites (tertiary alicyclic amines) is 1. The van der Waals surface area contributed by atoms with E-state index in [1.54, 1.807) is 14.7 Å². The summed E-state index contributed by atoms with van der Waals surface area (Å²) in [5.74, 6) is -3.24. The number of pyridine rings is 1. The molecule has 1 aromatic rings. The Morgan fingerprint density at radius 2 is 1.87 bits per heavy atom. The van der Waals surface area contributed by atoms with Crippen molar-refractivity contribution in [2.75, 3.05) is 44.2 Å². The lowest BCUT2D eigenvalue weighted by atomic mass is 9.91. The summed E-state index contributed by atoms with van der Waals surface area (Å²) in [6.45, 7) is 14.2. The molecule has 11 heteroatoms. The van der Waals surface area contributed by atoms with E-state index in [-0.39, 0.29) is 36.0 Å². The van der Waals surface area contributed by atoms with Gasteiger partial charge in [-0.1, -0.05) is 13.8 Å². The fourth-order valence-electron chi connectivity index (χ4n) is 5.66. The first-order valence-electron chi connectivity index (χ1n) is 13.7. The van der Waals surface area contributed by atoms with E-state index in [0.717, 1.165) is 13.3 Å². The number of halogens is 2. The molecule has 3 aliphatic heterocycles. The first kappa shape index (κ1) is 29.2.